The highest BCUT2D eigenvalue weighted by atomic mass is 79.9. The van der Waals surface area contributed by atoms with Gasteiger partial charge in [-0.05, 0) is 19.3 Å². The fraction of sp³-hybridized carbons (Fsp3) is 1.00. The molecule has 1 rings (SSSR count). The Balaban J connectivity index is 0.00000676. The van der Waals surface area contributed by atoms with Crippen LogP contribution < -0.4 is 17.0 Å². The molecule has 27 heavy (non-hydrogen) atoms. The molecule has 1 saturated heterocycles. The number of nitrogens with zero attached hydrogens (tertiary/aromatic N) is 1. The molecule has 0 aromatic carbocycles. The van der Waals surface area contributed by atoms with E-state index in [0.29, 0.717) is 0 Å². The van der Waals surface area contributed by atoms with Crippen molar-refractivity contribution in [2.24, 2.45) is 0 Å². The summed E-state index contributed by atoms with van der Waals surface area (Å²) in [7, 11) is 0. The topological polar surface area (TPSA) is 0 Å². The maximum Gasteiger partial charge on any atom is 0.0788 e. The van der Waals surface area contributed by atoms with Gasteiger partial charge in [0.25, 0.3) is 0 Å². The molecule has 1 nitrogen and oxygen atoms in total. The molecule has 0 bridgehead atoms. The molecule has 1 aliphatic rings. The minimum atomic E-state index is 0. The Morgan fingerprint density at radius 1 is 0.444 bits per heavy atom. The van der Waals surface area contributed by atoms with Gasteiger partial charge in [0.05, 0.1) is 26.2 Å². The van der Waals surface area contributed by atoms with Crippen LogP contribution in [0.4, 0.5) is 0 Å². The molecule has 1 fully saturated rings. The second-order valence-electron chi connectivity index (χ2n) is 9.25. The van der Waals surface area contributed by atoms with Crippen molar-refractivity contribution in [1.82, 2.24) is 0 Å². The zero-order valence-electron chi connectivity index (χ0n) is 19.1. The maximum atomic E-state index is 2.37. The van der Waals surface area contributed by atoms with Crippen molar-refractivity contribution < 1.29 is 21.5 Å². The molecule has 1 heterocycles. The highest BCUT2D eigenvalue weighted by molar-refractivity contribution is 4.56. The number of unbranched alkanes of at least 4 members (excludes halogenated alkanes) is 15. The van der Waals surface area contributed by atoms with Gasteiger partial charge in [0.2, 0.25) is 0 Å². The van der Waals surface area contributed by atoms with Crippen LogP contribution >= 0.6 is 0 Å². The summed E-state index contributed by atoms with van der Waals surface area (Å²) in [6.07, 6.45) is 28.0. The largest absolute Gasteiger partial charge is 1.00 e. The van der Waals surface area contributed by atoms with Crippen molar-refractivity contribution >= 4 is 0 Å². The summed E-state index contributed by atoms with van der Waals surface area (Å²) in [5.74, 6) is 0. The van der Waals surface area contributed by atoms with Crippen LogP contribution in [0.5, 0.6) is 0 Å². The third-order valence-electron chi connectivity index (χ3n) is 6.70. The van der Waals surface area contributed by atoms with Crippen LogP contribution in [-0.4, -0.2) is 30.7 Å². The fourth-order valence-electron chi connectivity index (χ4n) is 5.03. The van der Waals surface area contributed by atoms with Gasteiger partial charge < -0.3 is 21.5 Å². The van der Waals surface area contributed by atoms with Gasteiger partial charge in [-0.3, -0.25) is 0 Å². The predicted molar refractivity (Wildman–Crippen MR) is 119 cm³/mol. The molecule has 0 unspecified atom stereocenters. The summed E-state index contributed by atoms with van der Waals surface area (Å²) in [5, 5.41) is 0. The molecule has 0 amide bonds. The van der Waals surface area contributed by atoms with Crippen LogP contribution in [0.15, 0.2) is 0 Å². The fourth-order valence-corrected chi connectivity index (χ4v) is 5.03. The van der Waals surface area contributed by atoms with E-state index in [9.17, 15) is 0 Å². The van der Waals surface area contributed by atoms with Gasteiger partial charge in [-0.25, -0.2) is 0 Å². The van der Waals surface area contributed by atoms with E-state index in [0.717, 1.165) is 0 Å². The minimum absolute atomic E-state index is 0. The molecule has 0 radical (unpaired) electrons. The predicted octanol–water partition coefficient (Wildman–Crippen LogP) is 5.27. The van der Waals surface area contributed by atoms with Crippen molar-refractivity contribution in [3.63, 3.8) is 0 Å². The number of hydrogen-bond donors (Lipinski definition) is 0. The lowest BCUT2D eigenvalue weighted by atomic mass is 10.0. The standard InChI is InChI=1S/C25H52N.BrH/c1-3-5-6-7-8-9-10-11-12-13-14-15-16-17-18-19-23-26(22-4-2)24-20-21-25-26;/h3-25H2,1-2H3;1H/q+1;/p-1. The summed E-state index contributed by atoms with van der Waals surface area (Å²) in [5.41, 5.74) is 0. The molecule has 0 spiro atoms. The van der Waals surface area contributed by atoms with E-state index in [4.69, 9.17) is 0 Å². The number of hydrogen-bond acceptors (Lipinski definition) is 0. The summed E-state index contributed by atoms with van der Waals surface area (Å²) in [6, 6.07) is 0. The lowest BCUT2D eigenvalue weighted by molar-refractivity contribution is -0.917. The van der Waals surface area contributed by atoms with Crippen LogP contribution in [0.25, 0.3) is 0 Å². The Bertz CT molecular complexity index is 286. The highest BCUT2D eigenvalue weighted by Crippen LogP contribution is 2.22. The molecule has 1 aliphatic heterocycles. The highest BCUT2D eigenvalue weighted by Gasteiger charge is 2.29. The van der Waals surface area contributed by atoms with Crippen LogP contribution in [0.1, 0.15) is 136 Å². The molecule has 0 atom stereocenters. The Labute approximate surface area is 183 Å². The third-order valence-corrected chi connectivity index (χ3v) is 6.70. The summed E-state index contributed by atoms with van der Waals surface area (Å²) < 4.78 is 1.47. The first-order valence-electron chi connectivity index (χ1n) is 12.7. The Kier molecular flexibility index (Phi) is 20.1. The van der Waals surface area contributed by atoms with Crippen molar-refractivity contribution in [1.29, 1.82) is 0 Å². The minimum Gasteiger partial charge on any atom is -1.00 e. The molecule has 164 valence electrons. The Morgan fingerprint density at radius 3 is 1.19 bits per heavy atom. The molecule has 0 aromatic rings. The van der Waals surface area contributed by atoms with Gasteiger partial charge >= 0.3 is 0 Å². The van der Waals surface area contributed by atoms with Gasteiger partial charge in [-0.15, -0.1) is 0 Å². The molecule has 0 N–H and O–H groups in total. The van der Waals surface area contributed by atoms with E-state index in [1.807, 2.05) is 0 Å². The van der Waals surface area contributed by atoms with Gasteiger partial charge in [0.15, 0.2) is 0 Å². The van der Waals surface area contributed by atoms with E-state index in [-0.39, 0.29) is 17.0 Å². The van der Waals surface area contributed by atoms with Crippen molar-refractivity contribution in [2.75, 3.05) is 26.2 Å². The van der Waals surface area contributed by atoms with E-state index in [2.05, 4.69) is 13.8 Å². The lowest BCUT2D eigenvalue weighted by Crippen LogP contribution is -3.00. The van der Waals surface area contributed by atoms with Gasteiger partial charge in [0, 0.05) is 12.8 Å². The summed E-state index contributed by atoms with van der Waals surface area (Å²) >= 11 is 0. The summed E-state index contributed by atoms with van der Waals surface area (Å²) in [6.45, 7) is 10.6. The summed E-state index contributed by atoms with van der Waals surface area (Å²) in [4.78, 5) is 0. The van der Waals surface area contributed by atoms with Gasteiger partial charge in [-0.1, -0.05) is 104 Å². The number of halogens is 1. The van der Waals surface area contributed by atoms with E-state index in [1.54, 1.807) is 0 Å². The number of quaternary nitrogens is 1. The lowest BCUT2D eigenvalue weighted by Gasteiger charge is -2.34. The SMILES string of the molecule is CCCCCCCCCCCCCCCCCC[N+]1(CCC)CCCC1.[Br-]. The molecule has 2 heteroatoms. The second kappa shape index (κ2) is 19.7. The average Bonchev–Trinajstić information content (AvgIpc) is 3.10. The molecule has 0 aliphatic carbocycles. The second-order valence-corrected chi connectivity index (χ2v) is 9.25. The zero-order valence-corrected chi connectivity index (χ0v) is 20.7. The maximum absolute atomic E-state index is 2.37. The molecular weight excluding hydrogens is 394 g/mol. The normalized spacial score (nSPS) is 15.8. The Morgan fingerprint density at radius 2 is 0.815 bits per heavy atom. The van der Waals surface area contributed by atoms with Crippen LogP contribution in [0.2, 0.25) is 0 Å². The van der Waals surface area contributed by atoms with Gasteiger partial charge in [-0.2, -0.15) is 0 Å². The van der Waals surface area contributed by atoms with Crippen molar-refractivity contribution in [3.05, 3.63) is 0 Å². The first-order chi connectivity index (χ1) is 12.8. The van der Waals surface area contributed by atoms with E-state index >= 15 is 0 Å². The molecular formula is C25H52BrN. The van der Waals surface area contributed by atoms with Crippen LogP contribution in [0.3, 0.4) is 0 Å². The van der Waals surface area contributed by atoms with Gasteiger partial charge in [0.1, 0.15) is 0 Å². The van der Waals surface area contributed by atoms with Crippen LogP contribution in [-0.2, 0) is 0 Å². The van der Waals surface area contributed by atoms with E-state index < -0.39 is 0 Å². The van der Waals surface area contributed by atoms with Crippen molar-refractivity contribution in [3.8, 4) is 0 Å². The van der Waals surface area contributed by atoms with E-state index in [1.165, 1.54) is 153 Å². The first-order valence-corrected chi connectivity index (χ1v) is 12.7. The first kappa shape index (κ1) is 27.4. The quantitative estimate of drug-likeness (QED) is 0.187. The third kappa shape index (κ3) is 15.0. The molecule has 0 saturated carbocycles. The Hall–Kier alpha value is 0.440. The smallest absolute Gasteiger partial charge is 0.0788 e. The monoisotopic (exact) mass is 445 g/mol. The van der Waals surface area contributed by atoms with Crippen LogP contribution in [0, 0.1) is 0 Å². The zero-order chi connectivity index (χ0) is 18.8. The number of likely N-dealkylation sites (tertiary alicyclic amines) is 1. The average molecular weight is 447 g/mol. The van der Waals surface area contributed by atoms with Crippen molar-refractivity contribution in [2.45, 2.75) is 136 Å². The molecule has 0 aromatic heterocycles. The number of rotatable bonds is 19.